The molecule has 30 heavy (non-hydrogen) atoms. The van der Waals surface area contributed by atoms with E-state index >= 15 is 0 Å². The van der Waals surface area contributed by atoms with Crippen molar-refractivity contribution < 1.29 is 28.6 Å². The zero-order valence-electron chi connectivity index (χ0n) is 19.4. The van der Waals surface area contributed by atoms with E-state index < -0.39 is 17.8 Å². The van der Waals surface area contributed by atoms with Gasteiger partial charge in [-0.1, -0.05) is 26.7 Å². The third-order valence-corrected chi connectivity index (χ3v) is 3.93. The van der Waals surface area contributed by atoms with Gasteiger partial charge in [-0.25, -0.2) is 9.59 Å². The molecule has 0 atom stereocenters. The topological polar surface area (TPSA) is 106 Å². The van der Waals surface area contributed by atoms with Crippen LogP contribution in [0.5, 0.6) is 0 Å². The first-order chi connectivity index (χ1) is 14.2. The second-order valence-electron chi connectivity index (χ2n) is 8.01. The summed E-state index contributed by atoms with van der Waals surface area (Å²) in [6, 6.07) is 0. The van der Waals surface area contributed by atoms with E-state index in [-0.39, 0.29) is 25.6 Å². The number of hydrogen-bond acceptors (Lipinski definition) is 7. The standard InChI is InChI=1S/C21H41N3O6/c1-6-8-11-22-19(26)28-16-14-24(13-10-18(25)30-21(3,4)5)15-17-29-20(27)23-12-9-7-2/h6-17H2,1-5H3,(H,22,26)(H,23,27). The molecule has 0 rings (SSSR count). The molecule has 0 aliphatic carbocycles. The van der Waals surface area contributed by atoms with Gasteiger partial charge in [0.25, 0.3) is 0 Å². The van der Waals surface area contributed by atoms with Crippen LogP contribution in [0, 0.1) is 0 Å². The predicted octanol–water partition coefficient (Wildman–Crippen LogP) is 3.07. The van der Waals surface area contributed by atoms with Crippen LogP contribution in [0.1, 0.15) is 66.7 Å². The number of nitrogens with zero attached hydrogens (tertiary/aromatic N) is 1. The highest BCUT2D eigenvalue weighted by Gasteiger charge is 2.17. The molecular formula is C21H41N3O6. The highest BCUT2D eigenvalue weighted by molar-refractivity contribution is 5.70. The van der Waals surface area contributed by atoms with E-state index in [1.165, 1.54) is 0 Å². The number of nitrogens with one attached hydrogen (secondary N) is 2. The first-order valence-electron chi connectivity index (χ1n) is 10.9. The van der Waals surface area contributed by atoms with Crippen molar-refractivity contribution in [1.82, 2.24) is 15.5 Å². The van der Waals surface area contributed by atoms with Crippen LogP contribution in [0.2, 0.25) is 0 Å². The number of unbranched alkanes of at least 4 members (excludes halogenated alkanes) is 2. The van der Waals surface area contributed by atoms with Gasteiger partial charge in [0.1, 0.15) is 18.8 Å². The van der Waals surface area contributed by atoms with Crippen molar-refractivity contribution in [3.05, 3.63) is 0 Å². The number of carbonyl (C=O) groups is 3. The number of ether oxygens (including phenoxy) is 3. The van der Waals surface area contributed by atoms with E-state index in [4.69, 9.17) is 14.2 Å². The van der Waals surface area contributed by atoms with Gasteiger partial charge >= 0.3 is 18.2 Å². The van der Waals surface area contributed by atoms with Gasteiger partial charge in [0, 0.05) is 32.7 Å². The fraction of sp³-hybridized carbons (Fsp3) is 0.857. The van der Waals surface area contributed by atoms with Gasteiger partial charge in [0.2, 0.25) is 0 Å². The number of esters is 1. The van der Waals surface area contributed by atoms with E-state index in [1.54, 1.807) is 0 Å². The lowest BCUT2D eigenvalue weighted by molar-refractivity contribution is -0.155. The highest BCUT2D eigenvalue weighted by Crippen LogP contribution is 2.08. The van der Waals surface area contributed by atoms with Crippen LogP contribution in [0.3, 0.4) is 0 Å². The van der Waals surface area contributed by atoms with Crippen LogP contribution in [-0.2, 0) is 19.0 Å². The Kier molecular flexibility index (Phi) is 15.6. The fourth-order valence-electron chi connectivity index (χ4n) is 2.35. The lowest BCUT2D eigenvalue weighted by Gasteiger charge is -2.23. The van der Waals surface area contributed by atoms with Crippen LogP contribution in [0.25, 0.3) is 0 Å². The summed E-state index contributed by atoms with van der Waals surface area (Å²) in [7, 11) is 0. The summed E-state index contributed by atoms with van der Waals surface area (Å²) in [4.78, 5) is 37.2. The fourth-order valence-corrected chi connectivity index (χ4v) is 2.35. The van der Waals surface area contributed by atoms with Crippen molar-refractivity contribution in [2.75, 3.05) is 45.9 Å². The van der Waals surface area contributed by atoms with E-state index in [2.05, 4.69) is 10.6 Å². The second-order valence-corrected chi connectivity index (χ2v) is 8.01. The summed E-state index contributed by atoms with van der Waals surface area (Å²) in [6.07, 6.45) is 3.06. The minimum atomic E-state index is -0.540. The Hall–Kier alpha value is -2.03. The molecule has 0 unspecified atom stereocenters. The third kappa shape index (κ3) is 18.0. The van der Waals surface area contributed by atoms with E-state index in [0.29, 0.717) is 32.7 Å². The molecule has 0 aliphatic heterocycles. The number of hydrogen-bond donors (Lipinski definition) is 2. The Morgan fingerprint density at radius 1 is 0.800 bits per heavy atom. The van der Waals surface area contributed by atoms with Gasteiger partial charge in [-0.2, -0.15) is 0 Å². The summed E-state index contributed by atoms with van der Waals surface area (Å²) in [5, 5.41) is 5.37. The van der Waals surface area contributed by atoms with Gasteiger partial charge in [-0.3, -0.25) is 9.69 Å². The highest BCUT2D eigenvalue weighted by atomic mass is 16.6. The lowest BCUT2D eigenvalue weighted by atomic mass is 10.2. The van der Waals surface area contributed by atoms with Gasteiger partial charge in [0.05, 0.1) is 6.42 Å². The summed E-state index contributed by atoms with van der Waals surface area (Å²) < 4.78 is 15.7. The van der Waals surface area contributed by atoms with Crippen LogP contribution >= 0.6 is 0 Å². The van der Waals surface area contributed by atoms with Crippen LogP contribution < -0.4 is 10.6 Å². The molecule has 0 aromatic rings. The zero-order chi connectivity index (χ0) is 22.8. The molecule has 0 fully saturated rings. The normalized spacial score (nSPS) is 11.1. The van der Waals surface area contributed by atoms with Crippen molar-refractivity contribution in [3.63, 3.8) is 0 Å². The number of rotatable bonds is 15. The van der Waals surface area contributed by atoms with Gasteiger partial charge in [-0.15, -0.1) is 0 Å². The van der Waals surface area contributed by atoms with E-state index in [9.17, 15) is 14.4 Å². The van der Waals surface area contributed by atoms with Crippen molar-refractivity contribution >= 4 is 18.2 Å². The van der Waals surface area contributed by atoms with Gasteiger partial charge in [-0.05, 0) is 33.6 Å². The first kappa shape index (κ1) is 28.0. The SMILES string of the molecule is CCCCNC(=O)OCCN(CCOC(=O)NCCCC)CCC(=O)OC(C)(C)C. The summed E-state index contributed by atoms with van der Waals surface area (Å²) in [6.45, 7) is 12.3. The maximum Gasteiger partial charge on any atom is 0.407 e. The van der Waals surface area contributed by atoms with E-state index in [1.807, 2.05) is 39.5 Å². The van der Waals surface area contributed by atoms with Crippen LogP contribution in [-0.4, -0.2) is 74.6 Å². The Morgan fingerprint density at radius 3 is 1.67 bits per heavy atom. The lowest BCUT2D eigenvalue weighted by Crippen LogP contribution is -2.37. The van der Waals surface area contributed by atoms with Crippen molar-refractivity contribution in [2.45, 2.75) is 72.3 Å². The largest absolute Gasteiger partial charge is 0.460 e. The summed E-state index contributed by atoms with van der Waals surface area (Å²) in [5.74, 6) is -0.302. The average Bonchev–Trinajstić information content (AvgIpc) is 2.64. The first-order valence-corrected chi connectivity index (χ1v) is 10.9. The molecule has 9 heteroatoms. The zero-order valence-corrected chi connectivity index (χ0v) is 19.4. The summed E-state index contributed by atoms with van der Waals surface area (Å²) >= 11 is 0. The van der Waals surface area contributed by atoms with Gasteiger partial charge in [0.15, 0.2) is 0 Å². The molecule has 0 aliphatic rings. The second kappa shape index (κ2) is 16.7. The predicted molar refractivity (Wildman–Crippen MR) is 115 cm³/mol. The Labute approximate surface area is 181 Å². The molecular weight excluding hydrogens is 390 g/mol. The maximum atomic E-state index is 12.0. The molecule has 0 aromatic heterocycles. The van der Waals surface area contributed by atoms with Crippen LogP contribution in [0.15, 0.2) is 0 Å². The Morgan fingerprint density at radius 2 is 1.27 bits per heavy atom. The molecule has 0 saturated heterocycles. The molecule has 0 spiro atoms. The minimum absolute atomic E-state index is 0.176. The molecule has 9 nitrogen and oxygen atoms in total. The molecule has 176 valence electrons. The van der Waals surface area contributed by atoms with Crippen molar-refractivity contribution in [1.29, 1.82) is 0 Å². The van der Waals surface area contributed by atoms with Crippen molar-refractivity contribution in [3.8, 4) is 0 Å². The quantitative estimate of drug-likeness (QED) is 0.233. The van der Waals surface area contributed by atoms with Gasteiger partial charge < -0.3 is 24.8 Å². The number of carbonyl (C=O) groups excluding carboxylic acids is 3. The number of alkyl carbamates (subject to hydrolysis) is 2. The monoisotopic (exact) mass is 431 g/mol. The maximum absolute atomic E-state index is 12.0. The average molecular weight is 432 g/mol. The molecule has 0 saturated carbocycles. The molecule has 2 amide bonds. The third-order valence-electron chi connectivity index (χ3n) is 3.93. The van der Waals surface area contributed by atoms with Crippen molar-refractivity contribution in [2.24, 2.45) is 0 Å². The molecule has 0 aromatic carbocycles. The molecule has 0 radical (unpaired) electrons. The molecule has 0 bridgehead atoms. The minimum Gasteiger partial charge on any atom is -0.460 e. The Balaban J connectivity index is 4.38. The van der Waals surface area contributed by atoms with Crippen LogP contribution in [0.4, 0.5) is 9.59 Å². The number of amides is 2. The summed E-state index contributed by atoms with van der Waals surface area (Å²) in [5.41, 5.74) is -0.540. The van der Waals surface area contributed by atoms with E-state index in [0.717, 1.165) is 25.7 Å². The molecule has 2 N–H and O–H groups in total. The molecule has 0 heterocycles. The smallest absolute Gasteiger partial charge is 0.407 e. The Bertz CT molecular complexity index is 466.